The van der Waals surface area contributed by atoms with Gasteiger partial charge in [-0.1, -0.05) is 11.1 Å². The van der Waals surface area contributed by atoms with Gasteiger partial charge < -0.3 is 22.8 Å². The Morgan fingerprint density at radius 1 is 1.59 bits per heavy atom. The number of hydrogen-bond acceptors (Lipinski definition) is 10. The second kappa shape index (κ2) is 9.88. The molecule has 0 unspecified atom stereocenters. The molecule has 14 heteroatoms. The molecule has 0 bridgehead atoms. The van der Waals surface area contributed by atoms with Gasteiger partial charge in [0.15, 0.2) is 10.8 Å². The van der Waals surface area contributed by atoms with Gasteiger partial charge in [0.1, 0.15) is 22.8 Å². The van der Waals surface area contributed by atoms with E-state index < -0.39 is 29.2 Å². The second-order valence-corrected chi connectivity index (χ2v) is 8.52. The number of anilines is 1. The maximum absolute atomic E-state index is 12.5. The third kappa shape index (κ3) is 4.57. The van der Waals surface area contributed by atoms with Crippen molar-refractivity contribution < 1.29 is 55.7 Å². The summed E-state index contributed by atoms with van der Waals surface area (Å²) in [4.78, 5) is 42.1. The normalized spacial score (nSPS) is 20.9. The van der Waals surface area contributed by atoms with Gasteiger partial charge in [0.25, 0.3) is 11.8 Å². The number of rotatable bonds is 6. The number of aliphatic carboxylic acids is 1. The molecule has 1 aromatic rings. The summed E-state index contributed by atoms with van der Waals surface area (Å²) in [5.74, 6) is 0.417. The average Bonchev–Trinajstić information content (AvgIpc) is 3.09. The smallest absolute Gasteiger partial charge is 1.00 e. The average molecular weight is 463 g/mol. The number of hydrogen-bond donors (Lipinski definition) is 4. The molecule has 0 radical (unpaired) electrons. The fraction of sp³-hybridized carbons (Fsp3) is 0.267. The van der Waals surface area contributed by atoms with Crippen LogP contribution in [0, 0.1) is 12.3 Å². The van der Waals surface area contributed by atoms with E-state index in [-0.39, 0.29) is 59.0 Å². The number of nitrogens with two attached hydrogens (primary N) is 1. The molecule has 2 amide bonds. The topological polar surface area (TPSA) is 158 Å². The number of carboxylic acids is 1. The Hall–Kier alpha value is -1.69. The molecule has 0 saturated carbocycles. The van der Waals surface area contributed by atoms with Gasteiger partial charge in [-0.15, -0.1) is 41.3 Å². The molecule has 5 N–H and O–H groups in total. The van der Waals surface area contributed by atoms with E-state index in [4.69, 9.17) is 17.4 Å². The first-order chi connectivity index (χ1) is 13.4. The SMILES string of the molecule is C#CCSC1=C(C(=O)O)N2C(=O)[C@@H](NC(=O)/C(=N\O)c3csc(N)n3)[C@H]2SC1.[H-].[Na+]. The maximum atomic E-state index is 12.5. The summed E-state index contributed by atoms with van der Waals surface area (Å²) in [5, 5.41) is 25.1. The number of β-lactam (4-membered cyclic amide) rings is 1. The van der Waals surface area contributed by atoms with Crippen LogP contribution in [-0.4, -0.2) is 66.6 Å². The van der Waals surface area contributed by atoms with Crippen LogP contribution >= 0.6 is 34.9 Å². The van der Waals surface area contributed by atoms with Gasteiger partial charge in [-0.3, -0.25) is 14.5 Å². The van der Waals surface area contributed by atoms with Crippen LogP contribution in [0.4, 0.5) is 5.13 Å². The first kappa shape index (κ1) is 23.6. The number of thioether (sulfide) groups is 2. The minimum absolute atomic E-state index is 0. The molecule has 3 rings (SSSR count). The number of fused-ring (bicyclic) bond motifs is 1. The summed E-state index contributed by atoms with van der Waals surface area (Å²) >= 11 is 3.56. The number of carbonyl (C=O) groups excluding carboxylic acids is 2. The van der Waals surface area contributed by atoms with Gasteiger partial charge in [0.05, 0.1) is 5.75 Å². The van der Waals surface area contributed by atoms with E-state index in [1.54, 1.807) is 0 Å². The Bertz CT molecular complexity index is 963. The molecule has 148 valence electrons. The van der Waals surface area contributed by atoms with Crippen molar-refractivity contribution in [3.63, 3.8) is 0 Å². The van der Waals surface area contributed by atoms with E-state index >= 15 is 0 Å². The molecule has 0 aromatic carbocycles. The minimum atomic E-state index is -1.24. The summed E-state index contributed by atoms with van der Waals surface area (Å²) in [7, 11) is 0. The standard InChI is InChI=1S/C15H13N5O5S3.Na.H/c1-2-3-26-7-5-27-13-9(12(22)20(13)10(7)14(23)24)18-11(21)8(19-25)6-4-28-15(16)17-6;;/h1,4,9,13,25H,3,5H2,(H2,16,17)(H,18,21)(H,23,24);;/q;+1;-1/b19-8-;;/t9-,13-;;/m1../s1. The van der Waals surface area contributed by atoms with Crippen molar-refractivity contribution in [3.8, 4) is 12.3 Å². The number of carbonyl (C=O) groups is 3. The summed E-state index contributed by atoms with van der Waals surface area (Å²) in [5.41, 5.74) is 5.07. The van der Waals surface area contributed by atoms with E-state index in [0.29, 0.717) is 10.7 Å². The molecule has 2 aliphatic heterocycles. The fourth-order valence-electron chi connectivity index (χ4n) is 2.65. The fourth-order valence-corrected chi connectivity index (χ4v) is 5.51. The number of nitrogen functional groups attached to an aromatic ring is 1. The third-order valence-electron chi connectivity index (χ3n) is 3.83. The zero-order valence-electron chi connectivity index (χ0n) is 16.0. The minimum Gasteiger partial charge on any atom is -1.00 e. The first-order valence-corrected chi connectivity index (χ1v) is 10.5. The predicted octanol–water partition coefficient (Wildman–Crippen LogP) is -2.92. The molecule has 3 heterocycles. The van der Waals surface area contributed by atoms with Gasteiger partial charge in [-0.25, -0.2) is 9.78 Å². The molecule has 1 saturated heterocycles. The van der Waals surface area contributed by atoms with Crippen molar-refractivity contribution in [2.24, 2.45) is 5.16 Å². The quantitative estimate of drug-likeness (QED) is 0.0866. The molecule has 1 aromatic heterocycles. The van der Waals surface area contributed by atoms with Gasteiger partial charge in [0.2, 0.25) is 0 Å². The van der Waals surface area contributed by atoms with Crippen molar-refractivity contribution in [1.29, 1.82) is 0 Å². The van der Waals surface area contributed by atoms with Crippen LogP contribution in [0.15, 0.2) is 21.1 Å². The van der Waals surface area contributed by atoms with E-state index in [1.165, 1.54) is 28.9 Å². The monoisotopic (exact) mass is 463 g/mol. The van der Waals surface area contributed by atoms with Crippen molar-refractivity contribution >= 4 is 63.5 Å². The summed E-state index contributed by atoms with van der Waals surface area (Å²) < 4.78 is 0. The number of aromatic nitrogens is 1. The molecule has 0 aliphatic carbocycles. The van der Waals surface area contributed by atoms with E-state index in [2.05, 4.69) is 21.4 Å². The van der Waals surface area contributed by atoms with Crippen LogP contribution in [0.3, 0.4) is 0 Å². The third-order valence-corrected chi connectivity index (χ3v) is 6.97. The van der Waals surface area contributed by atoms with Crippen molar-refractivity contribution in [2.45, 2.75) is 11.4 Å². The van der Waals surface area contributed by atoms with Gasteiger partial charge in [-0.05, 0) is 0 Å². The Morgan fingerprint density at radius 2 is 2.31 bits per heavy atom. The number of carboxylic acid groups (broad SMARTS) is 1. The van der Waals surface area contributed by atoms with Crippen LogP contribution < -0.4 is 40.6 Å². The van der Waals surface area contributed by atoms with Crippen molar-refractivity contribution in [1.82, 2.24) is 15.2 Å². The number of nitrogens with zero attached hydrogens (tertiary/aromatic N) is 3. The molecule has 2 aliphatic rings. The Kier molecular flexibility index (Phi) is 8.03. The number of amides is 2. The van der Waals surface area contributed by atoms with Gasteiger partial charge in [-0.2, -0.15) is 0 Å². The number of thiazole rings is 1. The molecular weight excluding hydrogens is 449 g/mol. The van der Waals surface area contributed by atoms with Crippen LogP contribution in [0.5, 0.6) is 0 Å². The van der Waals surface area contributed by atoms with E-state index in [9.17, 15) is 19.5 Å². The van der Waals surface area contributed by atoms with Crippen molar-refractivity contribution in [2.75, 3.05) is 17.2 Å². The zero-order chi connectivity index (χ0) is 20.4. The molecule has 10 nitrogen and oxygen atoms in total. The van der Waals surface area contributed by atoms with Crippen LogP contribution in [-0.2, 0) is 14.4 Å². The largest absolute Gasteiger partial charge is 1.00 e. The number of oxime groups is 1. The molecule has 0 spiro atoms. The molecular formula is C15H14N5NaO5S3. The second-order valence-electron chi connectivity index (χ2n) is 5.45. The first-order valence-electron chi connectivity index (χ1n) is 7.60. The summed E-state index contributed by atoms with van der Waals surface area (Å²) in [6.07, 6.45) is 5.22. The Morgan fingerprint density at radius 3 is 2.86 bits per heavy atom. The van der Waals surface area contributed by atoms with Crippen LogP contribution in [0.1, 0.15) is 7.12 Å². The van der Waals surface area contributed by atoms with Crippen LogP contribution in [0.2, 0.25) is 0 Å². The summed E-state index contributed by atoms with van der Waals surface area (Å²) in [6.45, 7) is 0. The molecule has 29 heavy (non-hydrogen) atoms. The number of nitrogens with one attached hydrogen (secondary N) is 1. The molecule has 1 fully saturated rings. The summed E-state index contributed by atoms with van der Waals surface area (Å²) in [6, 6.07) is -0.959. The Balaban J connectivity index is 0.00000225. The van der Waals surface area contributed by atoms with Crippen molar-refractivity contribution in [3.05, 3.63) is 21.7 Å². The predicted molar refractivity (Wildman–Crippen MR) is 107 cm³/mol. The van der Waals surface area contributed by atoms with Crippen LogP contribution in [0.25, 0.3) is 0 Å². The Labute approximate surface area is 201 Å². The molecule has 2 atom stereocenters. The zero-order valence-corrected chi connectivity index (χ0v) is 19.4. The van der Waals surface area contributed by atoms with E-state index in [0.717, 1.165) is 16.2 Å². The number of terminal acetylenes is 1. The maximum Gasteiger partial charge on any atom is 1.00 e. The van der Waals surface area contributed by atoms with Gasteiger partial charge >= 0.3 is 35.5 Å². The van der Waals surface area contributed by atoms with Gasteiger partial charge in [0, 0.05) is 16.0 Å². The van der Waals surface area contributed by atoms with E-state index in [1.807, 2.05) is 0 Å².